The number of hydrogen-bond donors (Lipinski definition) is 3. The third kappa shape index (κ3) is 3.85. The topological polar surface area (TPSA) is 61.4 Å². The number of hydrogen-bond acceptors (Lipinski definition) is 3. The minimum atomic E-state index is -0.199. The van der Waals surface area contributed by atoms with Gasteiger partial charge in [0.2, 0.25) is 0 Å². The molecule has 0 aliphatic carbocycles. The minimum Gasteiger partial charge on any atom is -0.511 e. The lowest BCUT2D eigenvalue weighted by molar-refractivity contribution is 0.0949. The molecule has 1 aliphatic heterocycles. The maximum absolute atomic E-state index is 12.2. The molecule has 0 unspecified atom stereocenters. The highest BCUT2D eigenvalue weighted by Crippen LogP contribution is 2.22. The summed E-state index contributed by atoms with van der Waals surface area (Å²) < 4.78 is 0. The van der Waals surface area contributed by atoms with Crippen molar-refractivity contribution in [1.82, 2.24) is 10.6 Å². The van der Waals surface area contributed by atoms with Crippen LogP contribution in [0, 0.1) is 0 Å². The molecule has 0 aromatic heterocycles. The van der Waals surface area contributed by atoms with Crippen LogP contribution in [0.5, 0.6) is 0 Å². The molecule has 2 atom stereocenters. The van der Waals surface area contributed by atoms with Gasteiger partial charge < -0.3 is 10.4 Å². The summed E-state index contributed by atoms with van der Waals surface area (Å²) in [5, 5.41) is 15.8. The van der Waals surface area contributed by atoms with Crippen LogP contribution in [0.25, 0.3) is 0 Å². The molecule has 0 saturated heterocycles. The van der Waals surface area contributed by atoms with Gasteiger partial charge in [-0.15, -0.1) is 0 Å². The highest BCUT2D eigenvalue weighted by atomic mass is 16.3. The monoisotopic (exact) mass is 288 g/mol. The van der Waals surface area contributed by atoms with Crippen molar-refractivity contribution in [1.29, 1.82) is 0 Å². The van der Waals surface area contributed by atoms with E-state index in [1.165, 1.54) is 0 Å². The Morgan fingerprint density at radius 3 is 2.67 bits per heavy atom. The Labute approximate surface area is 126 Å². The number of aliphatic hydroxyl groups is 1. The molecule has 0 radical (unpaired) electrons. The van der Waals surface area contributed by atoms with Crippen molar-refractivity contribution < 1.29 is 9.90 Å². The molecule has 0 fully saturated rings. The molecule has 0 bridgehead atoms. The summed E-state index contributed by atoms with van der Waals surface area (Å²) >= 11 is 0. The Balaban J connectivity index is 2.00. The van der Waals surface area contributed by atoms with E-state index in [2.05, 4.69) is 31.4 Å². The lowest BCUT2D eigenvalue weighted by Gasteiger charge is -2.20. The van der Waals surface area contributed by atoms with E-state index in [-0.39, 0.29) is 23.4 Å². The van der Waals surface area contributed by atoms with Gasteiger partial charge >= 0.3 is 0 Å². The van der Waals surface area contributed by atoms with Crippen molar-refractivity contribution in [3.05, 3.63) is 47.2 Å². The molecule has 21 heavy (non-hydrogen) atoms. The molecule has 1 heterocycles. The molecular weight excluding hydrogens is 264 g/mol. The minimum absolute atomic E-state index is 0.0136. The van der Waals surface area contributed by atoms with Gasteiger partial charge in [-0.2, -0.15) is 0 Å². The molecule has 114 valence electrons. The molecule has 2 rings (SSSR count). The number of carbonyl (C=O) groups excluding carboxylic acids is 1. The first-order chi connectivity index (χ1) is 9.77. The van der Waals surface area contributed by atoms with Crippen LogP contribution in [-0.4, -0.2) is 29.6 Å². The van der Waals surface area contributed by atoms with Crippen LogP contribution in [0.4, 0.5) is 0 Å². The Morgan fingerprint density at radius 2 is 2.10 bits per heavy atom. The molecular formula is C17H24N2O2. The van der Waals surface area contributed by atoms with Gasteiger partial charge in [0.25, 0.3) is 5.91 Å². The van der Waals surface area contributed by atoms with Gasteiger partial charge in [-0.3, -0.25) is 10.1 Å². The van der Waals surface area contributed by atoms with E-state index >= 15 is 0 Å². The molecule has 1 aromatic carbocycles. The molecule has 4 heteroatoms. The average Bonchev–Trinajstić information content (AvgIpc) is 2.73. The zero-order valence-corrected chi connectivity index (χ0v) is 13.1. The molecule has 1 amide bonds. The predicted octanol–water partition coefficient (Wildman–Crippen LogP) is 2.52. The fourth-order valence-electron chi connectivity index (χ4n) is 2.41. The summed E-state index contributed by atoms with van der Waals surface area (Å²) in [7, 11) is 0. The summed E-state index contributed by atoms with van der Waals surface area (Å²) in [5.74, 6) is 0.182. The Morgan fingerprint density at radius 1 is 1.38 bits per heavy atom. The number of carbonyl (C=O) groups is 1. The van der Waals surface area contributed by atoms with Crippen LogP contribution in [0.2, 0.25) is 0 Å². The fourth-order valence-corrected chi connectivity index (χ4v) is 2.41. The quantitative estimate of drug-likeness (QED) is 0.801. The van der Waals surface area contributed by atoms with E-state index < -0.39 is 0 Å². The number of amides is 1. The largest absolute Gasteiger partial charge is 0.511 e. The first kappa shape index (κ1) is 15.6. The van der Waals surface area contributed by atoms with Crippen molar-refractivity contribution in [2.45, 2.75) is 45.2 Å². The van der Waals surface area contributed by atoms with Gasteiger partial charge in [-0.1, -0.05) is 32.9 Å². The summed E-state index contributed by atoms with van der Waals surface area (Å²) in [4.78, 5) is 12.2. The molecule has 0 spiro atoms. The fraction of sp³-hybridized carbons (Fsp3) is 0.471. The lowest BCUT2D eigenvalue weighted by atomic mass is 9.86. The van der Waals surface area contributed by atoms with Crippen LogP contribution < -0.4 is 10.6 Å². The highest BCUT2D eigenvalue weighted by Gasteiger charge is 2.23. The van der Waals surface area contributed by atoms with Crippen molar-refractivity contribution >= 4 is 5.91 Å². The van der Waals surface area contributed by atoms with Crippen LogP contribution in [0.1, 0.15) is 43.6 Å². The van der Waals surface area contributed by atoms with Gasteiger partial charge in [0, 0.05) is 18.2 Å². The summed E-state index contributed by atoms with van der Waals surface area (Å²) in [6, 6.07) is 7.61. The average molecular weight is 288 g/mol. The number of aliphatic hydroxyl groups excluding tert-OH is 1. The maximum Gasteiger partial charge on any atom is 0.251 e. The predicted molar refractivity (Wildman–Crippen MR) is 84.6 cm³/mol. The maximum atomic E-state index is 12.2. The Hall–Kier alpha value is -1.81. The first-order valence-electron chi connectivity index (χ1n) is 7.33. The van der Waals surface area contributed by atoms with Crippen molar-refractivity contribution in [2.24, 2.45) is 0 Å². The van der Waals surface area contributed by atoms with Crippen LogP contribution in [0.3, 0.4) is 0 Å². The summed E-state index contributed by atoms with van der Waals surface area (Å²) in [5.41, 5.74) is 1.79. The number of nitrogens with one attached hydrogen (secondary N) is 2. The third-order valence-electron chi connectivity index (χ3n) is 3.70. The normalized spacial score (nSPS) is 22.0. The summed E-state index contributed by atoms with van der Waals surface area (Å²) in [6.07, 6.45) is 1.76. The lowest BCUT2D eigenvalue weighted by Crippen LogP contribution is -2.41. The molecule has 3 N–H and O–H groups in total. The molecule has 4 nitrogen and oxygen atoms in total. The zero-order valence-electron chi connectivity index (χ0n) is 13.1. The van der Waals surface area contributed by atoms with E-state index in [0.29, 0.717) is 17.9 Å². The van der Waals surface area contributed by atoms with E-state index in [1.807, 2.05) is 31.2 Å². The molecule has 1 aromatic rings. The second-order valence-corrected chi connectivity index (χ2v) is 6.64. The van der Waals surface area contributed by atoms with E-state index in [0.717, 1.165) is 5.56 Å². The van der Waals surface area contributed by atoms with Crippen LogP contribution in [0.15, 0.2) is 36.1 Å². The van der Waals surface area contributed by atoms with Gasteiger partial charge in [-0.25, -0.2) is 0 Å². The van der Waals surface area contributed by atoms with Gasteiger partial charge in [0.1, 0.15) is 5.76 Å². The Bertz CT molecular complexity index is 558. The van der Waals surface area contributed by atoms with Crippen molar-refractivity contribution in [3.8, 4) is 0 Å². The molecule has 1 aliphatic rings. The smallest absolute Gasteiger partial charge is 0.251 e. The van der Waals surface area contributed by atoms with E-state index in [1.54, 1.807) is 6.08 Å². The van der Waals surface area contributed by atoms with Crippen molar-refractivity contribution in [3.63, 3.8) is 0 Å². The second kappa shape index (κ2) is 5.90. The highest BCUT2D eigenvalue weighted by molar-refractivity contribution is 5.94. The van der Waals surface area contributed by atoms with Crippen molar-refractivity contribution in [2.75, 3.05) is 6.54 Å². The van der Waals surface area contributed by atoms with Gasteiger partial charge in [0.15, 0.2) is 0 Å². The van der Waals surface area contributed by atoms with Crippen LogP contribution in [-0.2, 0) is 5.41 Å². The zero-order chi connectivity index (χ0) is 15.6. The van der Waals surface area contributed by atoms with E-state index in [9.17, 15) is 9.90 Å². The second-order valence-electron chi connectivity index (χ2n) is 6.64. The van der Waals surface area contributed by atoms with Gasteiger partial charge in [-0.05, 0) is 36.1 Å². The van der Waals surface area contributed by atoms with Gasteiger partial charge in [0.05, 0.1) is 6.04 Å². The van der Waals surface area contributed by atoms with Crippen LogP contribution >= 0.6 is 0 Å². The Kier molecular flexibility index (Phi) is 4.37. The number of benzene rings is 1. The summed E-state index contributed by atoms with van der Waals surface area (Å²) in [6.45, 7) is 8.71. The number of rotatable bonds is 3. The van der Waals surface area contributed by atoms with E-state index in [4.69, 9.17) is 0 Å². The standard InChI is InChI=1S/C17H24N2O2/c1-11-8-15(20)14(19-11)10-18-16(21)12-6-5-7-13(9-12)17(2,3)4/h5-9,11,14,19-20H,10H2,1-4H3,(H,18,21)/t11-,14+/m0/s1. The first-order valence-corrected chi connectivity index (χ1v) is 7.33. The third-order valence-corrected chi connectivity index (χ3v) is 3.70. The SMILES string of the molecule is C[C@H]1C=C(O)[C@@H](CNC(=O)c2cccc(C(C)(C)C)c2)N1. The molecule has 0 saturated carbocycles.